The molecule has 0 fully saturated rings. The van der Waals surface area contributed by atoms with E-state index in [9.17, 15) is 5.11 Å². The van der Waals surface area contributed by atoms with Crippen molar-refractivity contribution in [3.05, 3.63) is 51.6 Å². The molecule has 0 aliphatic rings. The second kappa shape index (κ2) is 6.37. The number of halogens is 1. The third-order valence-electron chi connectivity index (χ3n) is 3.02. The molecule has 0 unspecified atom stereocenters. The van der Waals surface area contributed by atoms with Gasteiger partial charge in [-0.2, -0.15) is 0 Å². The molecular formula is C16H18BrNO2. The van der Waals surface area contributed by atoms with E-state index in [0.717, 1.165) is 27.0 Å². The van der Waals surface area contributed by atoms with Crippen LogP contribution >= 0.6 is 15.9 Å². The predicted octanol–water partition coefficient (Wildman–Crippen LogP) is 4.56. The number of hydrogen-bond acceptors (Lipinski definition) is 3. The Morgan fingerprint density at radius 1 is 1.25 bits per heavy atom. The molecule has 3 nitrogen and oxygen atoms in total. The Bertz CT molecular complexity index is 611. The second-order valence-corrected chi connectivity index (χ2v) is 5.98. The van der Waals surface area contributed by atoms with Crippen LogP contribution in [0, 0.1) is 6.92 Å². The van der Waals surface area contributed by atoms with Gasteiger partial charge in [-0.3, -0.25) is 0 Å². The molecule has 4 heteroatoms. The van der Waals surface area contributed by atoms with Gasteiger partial charge in [0.25, 0.3) is 0 Å². The maximum Gasteiger partial charge on any atom is 0.219 e. The third kappa shape index (κ3) is 3.58. The van der Waals surface area contributed by atoms with E-state index >= 15 is 0 Å². The van der Waals surface area contributed by atoms with Crippen LogP contribution in [0.4, 0.5) is 0 Å². The van der Waals surface area contributed by atoms with Gasteiger partial charge >= 0.3 is 0 Å². The summed E-state index contributed by atoms with van der Waals surface area (Å²) in [5.41, 5.74) is 2.76. The van der Waals surface area contributed by atoms with E-state index in [-0.39, 0.29) is 12.5 Å². The van der Waals surface area contributed by atoms with Crippen molar-refractivity contribution in [1.82, 2.24) is 4.98 Å². The molecule has 1 heterocycles. The molecule has 0 aliphatic carbocycles. The topological polar surface area (TPSA) is 42.4 Å². The second-order valence-electron chi connectivity index (χ2n) is 5.06. The van der Waals surface area contributed by atoms with E-state index in [1.165, 1.54) is 0 Å². The number of benzene rings is 1. The minimum Gasteiger partial charge on any atom is -0.439 e. The number of aromatic nitrogens is 1. The average molecular weight is 336 g/mol. The number of ether oxygens (including phenoxy) is 1. The number of aryl methyl sites for hydroxylation is 1. The van der Waals surface area contributed by atoms with Gasteiger partial charge in [0.15, 0.2) is 0 Å². The zero-order chi connectivity index (χ0) is 14.7. The predicted molar refractivity (Wildman–Crippen MR) is 83.2 cm³/mol. The standard InChI is InChI=1S/C16H18BrNO2/c1-10(2)14-6-12(9-19)7-16(18-14)20-15-8-13(17)5-4-11(15)3/h4-8,10,19H,9H2,1-3H3. The van der Waals surface area contributed by atoms with Gasteiger partial charge in [-0.1, -0.05) is 35.8 Å². The van der Waals surface area contributed by atoms with Crippen LogP contribution in [0.15, 0.2) is 34.8 Å². The molecule has 0 saturated heterocycles. The van der Waals surface area contributed by atoms with Crippen LogP contribution in [0.2, 0.25) is 0 Å². The Hall–Kier alpha value is -1.39. The fourth-order valence-corrected chi connectivity index (χ4v) is 2.16. The van der Waals surface area contributed by atoms with Crippen molar-refractivity contribution < 1.29 is 9.84 Å². The summed E-state index contributed by atoms with van der Waals surface area (Å²) < 4.78 is 6.83. The third-order valence-corrected chi connectivity index (χ3v) is 3.51. The van der Waals surface area contributed by atoms with Gasteiger partial charge < -0.3 is 9.84 Å². The van der Waals surface area contributed by atoms with Gasteiger partial charge in [-0.05, 0) is 42.2 Å². The van der Waals surface area contributed by atoms with Crippen molar-refractivity contribution in [1.29, 1.82) is 0 Å². The first-order valence-electron chi connectivity index (χ1n) is 6.55. The van der Waals surface area contributed by atoms with Crippen molar-refractivity contribution in [3.63, 3.8) is 0 Å². The molecule has 1 aromatic carbocycles. The molecule has 0 atom stereocenters. The van der Waals surface area contributed by atoms with Gasteiger partial charge in [0.2, 0.25) is 5.88 Å². The number of aliphatic hydroxyl groups is 1. The van der Waals surface area contributed by atoms with Crippen LogP contribution in [0.5, 0.6) is 11.6 Å². The van der Waals surface area contributed by atoms with Crippen molar-refractivity contribution in [3.8, 4) is 11.6 Å². The maximum atomic E-state index is 9.34. The monoisotopic (exact) mass is 335 g/mol. The molecule has 1 aromatic heterocycles. The van der Waals surface area contributed by atoms with Gasteiger partial charge in [0.1, 0.15) is 5.75 Å². The summed E-state index contributed by atoms with van der Waals surface area (Å²) in [6.07, 6.45) is 0. The summed E-state index contributed by atoms with van der Waals surface area (Å²) in [6.45, 7) is 6.10. The smallest absolute Gasteiger partial charge is 0.219 e. The van der Waals surface area contributed by atoms with Crippen LogP contribution in [-0.4, -0.2) is 10.1 Å². The Labute approximate surface area is 127 Å². The minimum atomic E-state index is -0.0178. The van der Waals surface area contributed by atoms with E-state index < -0.39 is 0 Å². The fraction of sp³-hybridized carbons (Fsp3) is 0.312. The van der Waals surface area contributed by atoms with E-state index in [0.29, 0.717) is 5.88 Å². The quantitative estimate of drug-likeness (QED) is 0.890. The Balaban J connectivity index is 2.37. The van der Waals surface area contributed by atoms with Crippen molar-refractivity contribution in [2.75, 3.05) is 0 Å². The van der Waals surface area contributed by atoms with Gasteiger partial charge in [-0.25, -0.2) is 4.98 Å². The molecule has 2 aromatic rings. The molecule has 0 bridgehead atoms. The highest BCUT2D eigenvalue weighted by molar-refractivity contribution is 9.10. The van der Waals surface area contributed by atoms with E-state index in [1.54, 1.807) is 6.07 Å². The molecule has 1 N–H and O–H groups in total. The molecule has 2 rings (SSSR count). The SMILES string of the molecule is Cc1ccc(Br)cc1Oc1cc(CO)cc(C(C)C)n1. The molecule has 0 amide bonds. The highest BCUT2D eigenvalue weighted by atomic mass is 79.9. The molecule has 0 radical (unpaired) electrons. The van der Waals surface area contributed by atoms with E-state index in [4.69, 9.17) is 4.74 Å². The summed E-state index contributed by atoms with van der Waals surface area (Å²) in [5, 5.41) is 9.34. The lowest BCUT2D eigenvalue weighted by atomic mass is 10.1. The van der Waals surface area contributed by atoms with Crippen LogP contribution < -0.4 is 4.74 Å². The summed E-state index contributed by atoms with van der Waals surface area (Å²) in [6, 6.07) is 9.55. The maximum absolute atomic E-state index is 9.34. The van der Waals surface area contributed by atoms with Gasteiger partial charge in [0.05, 0.1) is 6.61 Å². The van der Waals surface area contributed by atoms with Crippen molar-refractivity contribution >= 4 is 15.9 Å². The molecular weight excluding hydrogens is 318 g/mol. The number of rotatable bonds is 4. The van der Waals surface area contributed by atoms with Crippen LogP contribution in [0.25, 0.3) is 0 Å². The Kier molecular flexibility index (Phi) is 4.78. The summed E-state index contributed by atoms with van der Waals surface area (Å²) in [5.74, 6) is 1.56. The first kappa shape index (κ1) is 15.0. The normalized spacial score (nSPS) is 10.9. The van der Waals surface area contributed by atoms with E-state index in [2.05, 4.69) is 34.8 Å². The first-order valence-corrected chi connectivity index (χ1v) is 7.34. The first-order chi connectivity index (χ1) is 9.49. The van der Waals surface area contributed by atoms with Gasteiger partial charge in [-0.15, -0.1) is 0 Å². The fourth-order valence-electron chi connectivity index (χ4n) is 1.82. The lowest BCUT2D eigenvalue weighted by Crippen LogP contribution is -1.99. The summed E-state index contributed by atoms with van der Waals surface area (Å²) >= 11 is 3.44. The summed E-state index contributed by atoms with van der Waals surface area (Å²) in [7, 11) is 0. The Morgan fingerprint density at radius 3 is 2.65 bits per heavy atom. The van der Waals surface area contributed by atoms with Crippen LogP contribution in [0.1, 0.15) is 36.6 Å². The summed E-state index contributed by atoms with van der Waals surface area (Å²) in [4.78, 5) is 4.50. The molecule has 20 heavy (non-hydrogen) atoms. The van der Waals surface area contributed by atoms with Gasteiger partial charge in [0, 0.05) is 16.2 Å². The largest absolute Gasteiger partial charge is 0.439 e. The zero-order valence-electron chi connectivity index (χ0n) is 11.9. The lowest BCUT2D eigenvalue weighted by Gasteiger charge is -2.12. The number of hydrogen-bond donors (Lipinski definition) is 1. The van der Waals surface area contributed by atoms with Crippen LogP contribution in [0.3, 0.4) is 0 Å². The number of pyridine rings is 1. The molecule has 0 saturated carbocycles. The average Bonchev–Trinajstić information content (AvgIpc) is 2.42. The van der Waals surface area contributed by atoms with Crippen LogP contribution in [-0.2, 0) is 6.61 Å². The molecule has 0 spiro atoms. The highest BCUT2D eigenvalue weighted by Crippen LogP contribution is 2.28. The number of aliphatic hydroxyl groups excluding tert-OH is 1. The number of nitrogens with zero attached hydrogens (tertiary/aromatic N) is 1. The van der Waals surface area contributed by atoms with E-state index in [1.807, 2.05) is 31.2 Å². The molecule has 0 aliphatic heterocycles. The highest BCUT2D eigenvalue weighted by Gasteiger charge is 2.09. The molecule has 106 valence electrons. The lowest BCUT2D eigenvalue weighted by molar-refractivity contribution is 0.280. The minimum absolute atomic E-state index is 0.0178. The Morgan fingerprint density at radius 2 is 2.00 bits per heavy atom. The van der Waals surface area contributed by atoms with Crippen molar-refractivity contribution in [2.45, 2.75) is 33.3 Å². The zero-order valence-corrected chi connectivity index (χ0v) is 13.4. The van der Waals surface area contributed by atoms with Crippen molar-refractivity contribution in [2.24, 2.45) is 0 Å².